The smallest absolute Gasteiger partial charge is 0.303 e. The first-order valence-corrected chi connectivity index (χ1v) is 17.0. The Hall–Kier alpha value is -3.79. The number of amides is 1. The van der Waals surface area contributed by atoms with Crippen molar-refractivity contribution in [3.05, 3.63) is 101 Å². The second-order valence-electron chi connectivity index (χ2n) is 13.3. The Balaban J connectivity index is 1.30. The zero-order valence-corrected chi connectivity index (χ0v) is 27.7. The number of phenolic OH excluding ortho intramolecular Hbond substituents is 1. The molecule has 3 aromatic carbocycles. The van der Waals surface area contributed by atoms with Gasteiger partial charge in [-0.2, -0.15) is 0 Å². The third-order valence-electron chi connectivity index (χ3n) is 9.65. The van der Waals surface area contributed by atoms with Gasteiger partial charge in [0.25, 0.3) is 5.91 Å². The number of hydrogen-bond donors (Lipinski definition) is 2. The summed E-state index contributed by atoms with van der Waals surface area (Å²) in [5.41, 5.74) is 3.61. The molecule has 0 aliphatic carbocycles. The van der Waals surface area contributed by atoms with Crippen LogP contribution in [0.3, 0.4) is 0 Å². The van der Waals surface area contributed by atoms with Gasteiger partial charge >= 0.3 is 5.97 Å². The second-order valence-corrected chi connectivity index (χ2v) is 13.3. The predicted molar refractivity (Wildman–Crippen MR) is 182 cm³/mol. The van der Waals surface area contributed by atoms with Crippen LogP contribution in [0.4, 0.5) is 4.39 Å². The van der Waals surface area contributed by atoms with Crippen molar-refractivity contribution in [1.82, 2.24) is 19.6 Å². The quantitative estimate of drug-likeness (QED) is 0.234. The fourth-order valence-electron chi connectivity index (χ4n) is 7.16. The van der Waals surface area contributed by atoms with Gasteiger partial charge in [-0.15, -0.1) is 0 Å². The molecule has 5 rings (SSSR count). The van der Waals surface area contributed by atoms with E-state index >= 15 is 0 Å². The Kier molecular flexibility index (Phi) is 12.0. The Morgan fingerprint density at radius 2 is 1.62 bits per heavy atom. The Morgan fingerprint density at radius 3 is 2.38 bits per heavy atom. The fraction of sp³-hybridized carbons (Fsp3) is 0.474. The van der Waals surface area contributed by atoms with E-state index in [-0.39, 0.29) is 42.0 Å². The number of carbonyl (C=O) groups is 2. The van der Waals surface area contributed by atoms with Crippen LogP contribution in [0.2, 0.25) is 0 Å². The summed E-state index contributed by atoms with van der Waals surface area (Å²) in [4.78, 5) is 33.9. The van der Waals surface area contributed by atoms with E-state index in [9.17, 15) is 19.1 Å². The molecule has 252 valence electrons. The van der Waals surface area contributed by atoms with Gasteiger partial charge in [0.2, 0.25) is 0 Å². The molecule has 2 aliphatic heterocycles. The summed E-state index contributed by atoms with van der Waals surface area (Å²) in [6, 6.07) is 22.4. The lowest BCUT2D eigenvalue weighted by Crippen LogP contribution is -2.56. The number of hydrogen-bond acceptors (Lipinski definition) is 6. The van der Waals surface area contributed by atoms with E-state index in [1.807, 2.05) is 47.4 Å². The van der Waals surface area contributed by atoms with E-state index in [1.165, 1.54) is 6.07 Å². The van der Waals surface area contributed by atoms with Crippen LogP contribution in [0.15, 0.2) is 72.8 Å². The van der Waals surface area contributed by atoms with Crippen LogP contribution in [-0.4, -0.2) is 99.6 Å². The van der Waals surface area contributed by atoms with Crippen molar-refractivity contribution in [2.45, 2.75) is 70.6 Å². The number of unbranched alkanes of at least 4 members (excludes halogenated alkanes) is 2. The maximum absolute atomic E-state index is 13.9. The Morgan fingerprint density at radius 1 is 0.851 bits per heavy atom. The van der Waals surface area contributed by atoms with Gasteiger partial charge in [0.05, 0.1) is 6.04 Å². The summed E-state index contributed by atoms with van der Waals surface area (Å²) >= 11 is 0. The number of phenols is 1. The molecular formula is C38H49FN4O4. The highest BCUT2D eigenvalue weighted by molar-refractivity contribution is 5.94. The van der Waals surface area contributed by atoms with Gasteiger partial charge in [-0.05, 0) is 99.3 Å². The lowest BCUT2D eigenvalue weighted by molar-refractivity contribution is -0.137. The molecule has 2 N–H and O–H groups in total. The van der Waals surface area contributed by atoms with Crippen LogP contribution in [0, 0.1) is 5.82 Å². The molecule has 0 spiro atoms. The first-order chi connectivity index (χ1) is 22.7. The van der Waals surface area contributed by atoms with E-state index < -0.39 is 5.97 Å². The average Bonchev–Trinajstić information content (AvgIpc) is 3.29. The van der Waals surface area contributed by atoms with Crippen molar-refractivity contribution in [2.75, 3.05) is 45.8 Å². The molecule has 47 heavy (non-hydrogen) atoms. The molecule has 2 saturated heterocycles. The minimum Gasteiger partial charge on any atom is -0.508 e. The number of nitrogens with zero attached hydrogens (tertiary/aromatic N) is 4. The molecule has 0 aromatic heterocycles. The lowest BCUT2D eigenvalue weighted by atomic mass is 9.92. The number of halogens is 1. The largest absolute Gasteiger partial charge is 0.508 e. The molecule has 0 saturated carbocycles. The zero-order valence-electron chi connectivity index (χ0n) is 27.7. The number of aromatic hydroxyl groups is 1. The molecule has 1 unspecified atom stereocenters. The summed E-state index contributed by atoms with van der Waals surface area (Å²) in [7, 11) is 0. The summed E-state index contributed by atoms with van der Waals surface area (Å²) < 4.78 is 13.9. The van der Waals surface area contributed by atoms with Gasteiger partial charge < -0.3 is 20.0 Å². The highest BCUT2D eigenvalue weighted by Gasteiger charge is 2.35. The number of carboxylic acids is 1. The number of carboxylic acid groups (broad SMARTS) is 1. The molecule has 1 amide bonds. The highest BCUT2D eigenvalue weighted by Crippen LogP contribution is 2.35. The van der Waals surface area contributed by atoms with E-state index in [2.05, 4.69) is 34.6 Å². The van der Waals surface area contributed by atoms with Gasteiger partial charge in [-0.3, -0.25) is 19.4 Å². The van der Waals surface area contributed by atoms with E-state index in [4.69, 9.17) is 5.11 Å². The fourth-order valence-corrected chi connectivity index (χ4v) is 7.16. The van der Waals surface area contributed by atoms with E-state index in [1.54, 1.807) is 18.2 Å². The molecule has 2 fully saturated rings. The van der Waals surface area contributed by atoms with E-state index in [0.29, 0.717) is 31.6 Å². The SMILES string of the molecule is C[C@@H]1CN(C(c2cccc(O)c2)c2cccc(C(=O)N3CCCN(CCCCCC(=O)O)CC3)c2)[C@@H](C)CN1Cc1cccc(F)c1. The van der Waals surface area contributed by atoms with Crippen molar-refractivity contribution in [2.24, 2.45) is 0 Å². The summed E-state index contributed by atoms with van der Waals surface area (Å²) in [5, 5.41) is 19.3. The predicted octanol–water partition coefficient (Wildman–Crippen LogP) is 6.01. The molecule has 3 atom stereocenters. The van der Waals surface area contributed by atoms with Crippen LogP contribution in [0.5, 0.6) is 5.75 Å². The van der Waals surface area contributed by atoms with Gasteiger partial charge in [0.15, 0.2) is 0 Å². The number of piperazine rings is 1. The first-order valence-electron chi connectivity index (χ1n) is 17.0. The van der Waals surface area contributed by atoms with E-state index in [0.717, 1.165) is 68.7 Å². The molecule has 3 aromatic rings. The van der Waals surface area contributed by atoms with Crippen LogP contribution in [-0.2, 0) is 11.3 Å². The van der Waals surface area contributed by atoms with Crippen molar-refractivity contribution >= 4 is 11.9 Å². The van der Waals surface area contributed by atoms with Crippen LogP contribution in [0.1, 0.15) is 79.0 Å². The number of carbonyl (C=O) groups excluding carboxylic acids is 1. The normalized spacial score (nSPS) is 20.5. The molecule has 2 heterocycles. The van der Waals surface area contributed by atoms with Crippen LogP contribution >= 0.6 is 0 Å². The van der Waals surface area contributed by atoms with Crippen LogP contribution in [0.25, 0.3) is 0 Å². The summed E-state index contributed by atoms with van der Waals surface area (Å²) in [6.45, 7) is 10.7. The maximum Gasteiger partial charge on any atom is 0.303 e. The Bertz CT molecular complexity index is 1500. The van der Waals surface area contributed by atoms with Crippen molar-refractivity contribution < 1.29 is 24.2 Å². The molecule has 8 nitrogen and oxygen atoms in total. The number of rotatable bonds is 12. The minimum atomic E-state index is -0.740. The van der Waals surface area contributed by atoms with Crippen molar-refractivity contribution in [1.29, 1.82) is 0 Å². The molecular weight excluding hydrogens is 595 g/mol. The molecule has 2 aliphatic rings. The van der Waals surface area contributed by atoms with Crippen molar-refractivity contribution in [3.63, 3.8) is 0 Å². The third kappa shape index (κ3) is 9.40. The van der Waals surface area contributed by atoms with Gasteiger partial charge in [-0.1, -0.05) is 42.8 Å². The summed E-state index contributed by atoms with van der Waals surface area (Å²) in [6.07, 6.45) is 3.70. The molecule has 0 bridgehead atoms. The lowest BCUT2D eigenvalue weighted by Gasteiger charge is -2.47. The van der Waals surface area contributed by atoms with Crippen LogP contribution < -0.4 is 0 Å². The highest BCUT2D eigenvalue weighted by atomic mass is 19.1. The molecule has 9 heteroatoms. The second kappa shape index (κ2) is 16.4. The monoisotopic (exact) mass is 644 g/mol. The van der Waals surface area contributed by atoms with Gasteiger partial charge in [0.1, 0.15) is 11.6 Å². The summed E-state index contributed by atoms with van der Waals surface area (Å²) in [5.74, 6) is -0.717. The number of benzene rings is 3. The molecule has 0 radical (unpaired) electrons. The first kappa shape index (κ1) is 34.5. The maximum atomic E-state index is 13.9. The average molecular weight is 645 g/mol. The van der Waals surface area contributed by atoms with Crippen molar-refractivity contribution in [3.8, 4) is 5.75 Å². The standard InChI is InChI=1S/C38H49FN4O4/c1-28-26-43(29(2)25-42(28)27-30-10-6-14-34(39)22-30)37(32-12-8-15-35(44)24-32)31-11-7-13-33(23-31)38(47)41-19-9-18-40(20-21-41)17-5-3-4-16-36(45)46/h6-8,10-15,22-24,28-29,37,44H,3-5,9,16-21,25-27H2,1-2H3,(H,45,46)/t28-,29+,37?/m1/s1. The third-order valence-corrected chi connectivity index (χ3v) is 9.65. The topological polar surface area (TPSA) is 87.6 Å². The zero-order chi connectivity index (χ0) is 33.3. The minimum absolute atomic E-state index is 0.0335. The van der Waals surface area contributed by atoms with Gasteiger partial charge in [0, 0.05) is 63.3 Å². The Labute approximate surface area is 278 Å². The number of aliphatic carboxylic acids is 1. The van der Waals surface area contributed by atoms with Gasteiger partial charge in [-0.25, -0.2) is 4.39 Å².